The van der Waals surface area contributed by atoms with E-state index < -0.39 is 6.17 Å². The average Bonchev–Trinajstić information content (AvgIpc) is 2.08. The molecule has 0 saturated carbocycles. The number of alkyl halides is 1. The monoisotopic (exact) mass is 171 g/mol. The van der Waals surface area contributed by atoms with Crippen LogP contribution in [0.3, 0.4) is 0 Å². The van der Waals surface area contributed by atoms with Gasteiger partial charge in [0.1, 0.15) is 6.17 Å². The zero-order chi connectivity index (χ0) is 9.14. The second-order valence-corrected chi connectivity index (χ2v) is 3.24. The lowest BCUT2D eigenvalue weighted by atomic mass is 9.88. The van der Waals surface area contributed by atoms with Gasteiger partial charge in [-0.2, -0.15) is 0 Å². The number of likely N-dealkylation sites (N-methyl/N-ethyl adjacent to an activating group) is 1. The maximum Gasteiger partial charge on any atom is 0.246 e. The van der Waals surface area contributed by atoms with Crippen LogP contribution in [-0.4, -0.2) is 19.1 Å². The van der Waals surface area contributed by atoms with Crippen molar-refractivity contribution in [2.75, 3.05) is 7.05 Å². The van der Waals surface area contributed by atoms with Crippen molar-refractivity contribution in [3.05, 3.63) is 11.6 Å². The molecule has 2 nitrogen and oxygen atoms in total. The molecule has 0 aromatic carbocycles. The number of amides is 1. The van der Waals surface area contributed by atoms with Crippen molar-refractivity contribution in [1.82, 2.24) is 5.32 Å². The predicted octanol–water partition coefficient (Wildman–Crippen LogP) is 1.43. The van der Waals surface area contributed by atoms with E-state index in [-0.39, 0.29) is 11.8 Å². The zero-order valence-electron chi connectivity index (χ0n) is 7.43. The Labute approximate surface area is 71.8 Å². The molecule has 0 aromatic heterocycles. The number of nitrogens with one attached hydrogen (secondary N) is 1. The fourth-order valence-corrected chi connectivity index (χ4v) is 1.39. The molecule has 3 heteroatoms. The molecule has 0 bridgehead atoms. The van der Waals surface area contributed by atoms with Gasteiger partial charge in [0.05, 0.1) is 0 Å². The third-order valence-corrected chi connectivity index (χ3v) is 2.27. The quantitative estimate of drug-likeness (QED) is 0.635. The molecule has 1 N–H and O–H groups in total. The van der Waals surface area contributed by atoms with Crippen LogP contribution in [0.4, 0.5) is 4.39 Å². The van der Waals surface area contributed by atoms with E-state index >= 15 is 0 Å². The smallest absolute Gasteiger partial charge is 0.246 e. The molecular formula is C9H14FNO. The fourth-order valence-electron chi connectivity index (χ4n) is 1.39. The van der Waals surface area contributed by atoms with Crippen LogP contribution in [0.2, 0.25) is 0 Å². The Morgan fingerprint density at radius 3 is 2.92 bits per heavy atom. The van der Waals surface area contributed by atoms with Gasteiger partial charge in [-0.3, -0.25) is 4.79 Å². The van der Waals surface area contributed by atoms with Crippen molar-refractivity contribution in [3.63, 3.8) is 0 Å². The van der Waals surface area contributed by atoms with Gasteiger partial charge in [-0.25, -0.2) is 4.39 Å². The van der Waals surface area contributed by atoms with Crippen molar-refractivity contribution >= 4 is 5.91 Å². The first kappa shape index (κ1) is 9.23. The van der Waals surface area contributed by atoms with Crippen LogP contribution in [0.1, 0.15) is 19.8 Å². The number of carbonyl (C=O) groups excluding carboxylic acids is 1. The van der Waals surface area contributed by atoms with E-state index in [2.05, 4.69) is 5.32 Å². The second kappa shape index (κ2) is 3.70. The largest absolute Gasteiger partial charge is 0.355 e. The lowest BCUT2D eigenvalue weighted by Gasteiger charge is -2.21. The Kier molecular flexibility index (Phi) is 2.84. The molecule has 68 valence electrons. The van der Waals surface area contributed by atoms with Crippen molar-refractivity contribution in [2.45, 2.75) is 25.9 Å². The normalized spacial score (nSPS) is 29.4. The Balaban J connectivity index is 2.64. The van der Waals surface area contributed by atoms with E-state index in [0.29, 0.717) is 12.8 Å². The summed E-state index contributed by atoms with van der Waals surface area (Å²) in [5, 5.41) is 2.54. The maximum absolute atomic E-state index is 12.9. The van der Waals surface area contributed by atoms with Crippen LogP contribution in [0.15, 0.2) is 11.6 Å². The predicted molar refractivity (Wildman–Crippen MR) is 45.4 cm³/mol. The Bertz CT molecular complexity index is 213. The third-order valence-electron chi connectivity index (χ3n) is 2.27. The standard InChI is InChI=1S/C9H14FNO/c1-6-5-7(9(12)11-2)3-4-8(6)10/h3,6,8H,4-5H2,1-2H3,(H,11,12). The lowest BCUT2D eigenvalue weighted by molar-refractivity contribution is -0.117. The van der Waals surface area contributed by atoms with Crippen LogP contribution in [0, 0.1) is 5.92 Å². The Morgan fingerprint density at radius 2 is 2.42 bits per heavy atom. The number of halogens is 1. The van der Waals surface area contributed by atoms with Crippen molar-refractivity contribution < 1.29 is 9.18 Å². The molecule has 0 fully saturated rings. The molecule has 0 aliphatic heterocycles. The fraction of sp³-hybridized carbons (Fsp3) is 0.667. The summed E-state index contributed by atoms with van der Waals surface area (Å²) < 4.78 is 12.9. The summed E-state index contributed by atoms with van der Waals surface area (Å²) >= 11 is 0. The number of hydrogen-bond acceptors (Lipinski definition) is 1. The molecule has 0 aromatic rings. The summed E-state index contributed by atoms with van der Waals surface area (Å²) in [6, 6.07) is 0. The van der Waals surface area contributed by atoms with Gasteiger partial charge >= 0.3 is 0 Å². The summed E-state index contributed by atoms with van der Waals surface area (Å²) in [7, 11) is 1.59. The van der Waals surface area contributed by atoms with Crippen LogP contribution >= 0.6 is 0 Å². The van der Waals surface area contributed by atoms with E-state index in [4.69, 9.17) is 0 Å². The van der Waals surface area contributed by atoms with Crippen molar-refractivity contribution in [1.29, 1.82) is 0 Å². The van der Waals surface area contributed by atoms with Crippen LogP contribution in [-0.2, 0) is 4.79 Å². The topological polar surface area (TPSA) is 29.1 Å². The average molecular weight is 171 g/mol. The molecule has 12 heavy (non-hydrogen) atoms. The van der Waals surface area contributed by atoms with Gasteiger partial charge < -0.3 is 5.32 Å². The van der Waals surface area contributed by atoms with Crippen molar-refractivity contribution in [2.24, 2.45) is 5.92 Å². The molecule has 1 rings (SSSR count). The highest BCUT2D eigenvalue weighted by atomic mass is 19.1. The molecule has 0 spiro atoms. The van der Waals surface area contributed by atoms with Gasteiger partial charge in [0.15, 0.2) is 0 Å². The van der Waals surface area contributed by atoms with E-state index in [1.165, 1.54) is 0 Å². The minimum atomic E-state index is -0.779. The van der Waals surface area contributed by atoms with E-state index in [1.54, 1.807) is 13.1 Å². The summed E-state index contributed by atoms with van der Waals surface area (Å²) in [6.45, 7) is 1.83. The summed E-state index contributed by atoms with van der Waals surface area (Å²) in [4.78, 5) is 11.1. The van der Waals surface area contributed by atoms with Gasteiger partial charge in [0, 0.05) is 12.6 Å². The summed E-state index contributed by atoms with van der Waals surface area (Å²) in [6.07, 6.45) is 1.85. The minimum absolute atomic E-state index is 0.0256. The number of rotatable bonds is 1. The van der Waals surface area contributed by atoms with E-state index in [0.717, 1.165) is 5.57 Å². The Morgan fingerprint density at radius 1 is 1.75 bits per heavy atom. The number of carbonyl (C=O) groups is 1. The van der Waals surface area contributed by atoms with Gasteiger partial charge in [-0.05, 0) is 18.8 Å². The third kappa shape index (κ3) is 1.84. The highest BCUT2D eigenvalue weighted by Crippen LogP contribution is 2.26. The number of hydrogen-bond donors (Lipinski definition) is 1. The number of allylic oxidation sites excluding steroid dienone is 1. The highest BCUT2D eigenvalue weighted by Gasteiger charge is 2.23. The molecule has 1 amide bonds. The lowest BCUT2D eigenvalue weighted by Crippen LogP contribution is -2.26. The zero-order valence-corrected chi connectivity index (χ0v) is 7.43. The van der Waals surface area contributed by atoms with E-state index in [1.807, 2.05) is 6.92 Å². The Hall–Kier alpha value is -0.860. The second-order valence-electron chi connectivity index (χ2n) is 3.24. The molecule has 2 atom stereocenters. The van der Waals surface area contributed by atoms with Gasteiger partial charge in [-0.1, -0.05) is 13.0 Å². The molecule has 1 aliphatic carbocycles. The van der Waals surface area contributed by atoms with Gasteiger partial charge in [0.2, 0.25) is 5.91 Å². The molecule has 1 aliphatic rings. The van der Waals surface area contributed by atoms with Crippen LogP contribution < -0.4 is 5.32 Å². The first-order valence-electron chi connectivity index (χ1n) is 4.20. The molecule has 2 unspecified atom stereocenters. The van der Waals surface area contributed by atoms with Crippen molar-refractivity contribution in [3.8, 4) is 0 Å². The summed E-state index contributed by atoms with van der Waals surface area (Å²) in [5.74, 6) is -0.101. The van der Waals surface area contributed by atoms with Crippen LogP contribution in [0.25, 0.3) is 0 Å². The molecule has 0 saturated heterocycles. The summed E-state index contributed by atoms with van der Waals surface area (Å²) in [5.41, 5.74) is 0.721. The first-order valence-corrected chi connectivity index (χ1v) is 4.20. The highest BCUT2D eigenvalue weighted by molar-refractivity contribution is 5.93. The first-order chi connectivity index (χ1) is 5.65. The van der Waals surface area contributed by atoms with Gasteiger partial charge in [-0.15, -0.1) is 0 Å². The molecule has 0 radical (unpaired) electrons. The van der Waals surface area contributed by atoms with Crippen LogP contribution in [0.5, 0.6) is 0 Å². The molecular weight excluding hydrogens is 157 g/mol. The maximum atomic E-state index is 12.9. The molecule has 0 heterocycles. The van der Waals surface area contributed by atoms with E-state index in [9.17, 15) is 9.18 Å². The minimum Gasteiger partial charge on any atom is -0.355 e. The van der Waals surface area contributed by atoms with Gasteiger partial charge in [0.25, 0.3) is 0 Å². The SMILES string of the molecule is CNC(=O)C1=CCC(F)C(C)C1.